The lowest BCUT2D eigenvalue weighted by Crippen LogP contribution is -2.39. The van der Waals surface area contributed by atoms with E-state index >= 15 is 0 Å². The van der Waals surface area contributed by atoms with Crippen molar-refractivity contribution in [2.24, 2.45) is 5.92 Å². The van der Waals surface area contributed by atoms with Gasteiger partial charge in [0.2, 0.25) is 0 Å². The van der Waals surface area contributed by atoms with Crippen LogP contribution in [0.1, 0.15) is 52.5 Å². The van der Waals surface area contributed by atoms with Crippen molar-refractivity contribution in [1.82, 2.24) is 14.7 Å². The molecule has 3 heterocycles. The van der Waals surface area contributed by atoms with E-state index in [0.717, 1.165) is 49.2 Å². The van der Waals surface area contributed by atoms with Gasteiger partial charge in [0.15, 0.2) is 15.5 Å². The molecule has 0 N–H and O–H groups in total. The third-order valence-electron chi connectivity index (χ3n) is 7.58. The van der Waals surface area contributed by atoms with E-state index in [4.69, 9.17) is 5.10 Å². The Balaban J connectivity index is 1.36. The number of benzene rings is 2. The van der Waals surface area contributed by atoms with E-state index in [1.807, 2.05) is 23.1 Å². The Morgan fingerprint density at radius 3 is 2.37 bits per heavy atom. The molecule has 1 atom stereocenters. The molecular weight excluding hydrogens is 458 g/mol. The number of rotatable bonds is 5. The minimum Gasteiger partial charge on any atom is -0.337 e. The van der Waals surface area contributed by atoms with Crippen LogP contribution >= 0.6 is 0 Å². The van der Waals surface area contributed by atoms with Gasteiger partial charge in [-0.1, -0.05) is 42.5 Å². The Morgan fingerprint density at radius 2 is 1.71 bits per heavy atom. The van der Waals surface area contributed by atoms with Crippen LogP contribution in [0, 0.1) is 19.8 Å². The average molecular weight is 492 g/mol. The predicted molar refractivity (Wildman–Crippen MR) is 138 cm³/mol. The zero-order valence-corrected chi connectivity index (χ0v) is 21.3. The lowest BCUT2D eigenvalue weighted by atomic mass is 9.90. The molecular formula is C28H33N3O3S. The van der Waals surface area contributed by atoms with Gasteiger partial charge < -0.3 is 4.90 Å². The molecule has 2 aliphatic heterocycles. The van der Waals surface area contributed by atoms with Crippen LogP contribution in [0.5, 0.6) is 0 Å². The first-order valence-corrected chi connectivity index (χ1v) is 14.3. The second-order valence-electron chi connectivity index (χ2n) is 10.1. The molecule has 0 bridgehead atoms. The third kappa shape index (κ3) is 5.20. The van der Waals surface area contributed by atoms with Crippen molar-refractivity contribution in [2.75, 3.05) is 24.6 Å². The van der Waals surface area contributed by atoms with E-state index in [2.05, 4.69) is 50.2 Å². The van der Waals surface area contributed by atoms with E-state index in [0.29, 0.717) is 18.0 Å². The van der Waals surface area contributed by atoms with Crippen LogP contribution in [-0.2, 0) is 16.3 Å². The second-order valence-corrected chi connectivity index (χ2v) is 12.4. The van der Waals surface area contributed by atoms with Gasteiger partial charge in [-0.15, -0.1) is 0 Å². The van der Waals surface area contributed by atoms with E-state index < -0.39 is 9.84 Å². The fourth-order valence-corrected chi connectivity index (χ4v) is 7.00. The topological polar surface area (TPSA) is 72.3 Å². The fourth-order valence-electron chi connectivity index (χ4n) is 5.31. The van der Waals surface area contributed by atoms with Crippen LogP contribution in [0.4, 0.5) is 0 Å². The summed E-state index contributed by atoms with van der Waals surface area (Å²) in [6, 6.07) is 18.3. The number of carbonyl (C=O) groups is 1. The Morgan fingerprint density at radius 1 is 0.971 bits per heavy atom. The number of amides is 1. The molecule has 1 amide bonds. The quantitative estimate of drug-likeness (QED) is 0.522. The summed E-state index contributed by atoms with van der Waals surface area (Å²) in [6.45, 7) is 5.57. The standard InChI is InChI=1S/C28H33N3O3S/c1-20-8-9-24(16-21(20)2)27-18-26(29-31(27)25-12-15-35(33,34)19-25)28(32)30-13-10-23(11-14-30)17-22-6-4-3-5-7-22/h3-9,16,18,23,25H,10-15,17,19H2,1-2H3/t25-/m1/s1. The summed E-state index contributed by atoms with van der Waals surface area (Å²) in [5.41, 5.74) is 5.88. The maximum atomic E-state index is 13.5. The molecule has 2 aliphatic rings. The molecule has 3 aromatic rings. The molecule has 6 nitrogen and oxygen atoms in total. The zero-order chi connectivity index (χ0) is 24.6. The maximum Gasteiger partial charge on any atom is 0.274 e. The van der Waals surface area contributed by atoms with Crippen molar-refractivity contribution >= 4 is 15.7 Å². The van der Waals surface area contributed by atoms with Crippen molar-refractivity contribution in [1.29, 1.82) is 0 Å². The van der Waals surface area contributed by atoms with Crippen molar-refractivity contribution < 1.29 is 13.2 Å². The number of piperidine rings is 1. The van der Waals surface area contributed by atoms with Crippen molar-refractivity contribution in [3.8, 4) is 11.3 Å². The first-order chi connectivity index (χ1) is 16.8. The van der Waals surface area contributed by atoms with Gasteiger partial charge >= 0.3 is 0 Å². The number of aryl methyl sites for hydroxylation is 2. The molecule has 2 fully saturated rings. The number of hydrogen-bond donors (Lipinski definition) is 0. The number of carbonyl (C=O) groups excluding carboxylic acids is 1. The van der Waals surface area contributed by atoms with Crippen molar-refractivity contribution in [2.45, 2.75) is 45.6 Å². The largest absolute Gasteiger partial charge is 0.337 e. The van der Waals surface area contributed by atoms with Gasteiger partial charge in [-0.25, -0.2) is 8.42 Å². The summed E-state index contributed by atoms with van der Waals surface area (Å²) in [5, 5.41) is 4.71. The maximum absolute atomic E-state index is 13.5. The lowest BCUT2D eigenvalue weighted by molar-refractivity contribution is 0.0683. The van der Waals surface area contributed by atoms with Crippen LogP contribution in [0.25, 0.3) is 11.3 Å². The zero-order valence-electron chi connectivity index (χ0n) is 20.5. The Labute approximate surface area is 207 Å². The van der Waals surface area contributed by atoms with Gasteiger partial charge in [-0.3, -0.25) is 9.48 Å². The predicted octanol–water partition coefficient (Wildman–Crippen LogP) is 4.62. The molecule has 0 unspecified atom stereocenters. The van der Waals surface area contributed by atoms with Crippen molar-refractivity contribution in [3.63, 3.8) is 0 Å². The molecule has 0 spiro atoms. The molecule has 0 saturated carbocycles. The Hall–Kier alpha value is -2.93. The van der Waals surface area contributed by atoms with E-state index in [1.165, 1.54) is 11.1 Å². The average Bonchev–Trinajstić information content (AvgIpc) is 3.45. The number of aromatic nitrogens is 2. The molecule has 0 aliphatic carbocycles. The van der Waals surface area contributed by atoms with Crippen LogP contribution in [0.15, 0.2) is 54.6 Å². The fraction of sp³-hybridized carbons (Fsp3) is 0.429. The normalized spacial score (nSPS) is 20.3. The molecule has 35 heavy (non-hydrogen) atoms. The van der Waals surface area contributed by atoms with Crippen molar-refractivity contribution in [3.05, 3.63) is 77.0 Å². The number of nitrogens with zero attached hydrogens (tertiary/aromatic N) is 3. The molecule has 7 heteroatoms. The van der Waals surface area contributed by atoms with Gasteiger partial charge in [-0.05, 0) is 74.3 Å². The van der Waals surface area contributed by atoms with Gasteiger partial charge in [0.25, 0.3) is 5.91 Å². The first kappa shape index (κ1) is 23.8. The minimum absolute atomic E-state index is 0.0622. The van der Waals surface area contributed by atoms with Gasteiger partial charge in [0.1, 0.15) is 0 Å². The second kappa shape index (κ2) is 9.61. The van der Waals surface area contributed by atoms with Crippen LogP contribution < -0.4 is 0 Å². The third-order valence-corrected chi connectivity index (χ3v) is 9.33. The molecule has 1 aromatic heterocycles. The van der Waals surface area contributed by atoms with Gasteiger partial charge in [0, 0.05) is 18.7 Å². The van der Waals surface area contributed by atoms with Gasteiger partial charge in [-0.2, -0.15) is 5.10 Å². The highest BCUT2D eigenvalue weighted by atomic mass is 32.2. The van der Waals surface area contributed by atoms with Gasteiger partial charge in [0.05, 0.1) is 23.2 Å². The van der Waals surface area contributed by atoms with Crippen LogP contribution in [0.3, 0.4) is 0 Å². The Kier molecular flexibility index (Phi) is 6.53. The monoisotopic (exact) mass is 491 g/mol. The Bertz CT molecular complexity index is 1320. The molecule has 184 valence electrons. The number of hydrogen-bond acceptors (Lipinski definition) is 4. The minimum atomic E-state index is -3.08. The smallest absolute Gasteiger partial charge is 0.274 e. The summed E-state index contributed by atoms with van der Waals surface area (Å²) >= 11 is 0. The summed E-state index contributed by atoms with van der Waals surface area (Å²) in [4.78, 5) is 15.4. The van der Waals surface area contributed by atoms with Crippen LogP contribution in [0.2, 0.25) is 0 Å². The highest BCUT2D eigenvalue weighted by molar-refractivity contribution is 7.91. The van der Waals surface area contributed by atoms with E-state index in [9.17, 15) is 13.2 Å². The SMILES string of the molecule is Cc1ccc(-c2cc(C(=O)N3CCC(Cc4ccccc4)CC3)nn2[C@@H]2CCS(=O)(=O)C2)cc1C. The van der Waals surface area contributed by atoms with E-state index in [1.54, 1.807) is 4.68 Å². The highest BCUT2D eigenvalue weighted by Gasteiger charge is 2.33. The lowest BCUT2D eigenvalue weighted by Gasteiger charge is -2.31. The van der Waals surface area contributed by atoms with E-state index in [-0.39, 0.29) is 23.5 Å². The molecule has 0 radical (unpaired) electrons. The number of sulfone groups is 1. The summed E-state index contributed by atoms with van der Waals surface area (Å²) in [7, 11) is -3.08. The highest BCUT2D eigenvalue weighted by Crippen LogP contribution is 2.32. The molecule has 2 aromatic carbocycles. The summed E-state index contributed by atoms with van der Waals surface area (Å²) < 4.78 is 26.2. The molecule has 2 saturated heterocycles. The molecule has 5 rings (SSSR count). The summed E-state index contributed by atoms with van der Waals surface area (Å²) in [6.07, 6.45) is 3.53. The number of likely N-dealkylation sites (tertiary alicyclic amines) is 1. The summed E-state index contributed by atoms with van der Waals surface area (Å²) in [5.74, 6) is 0.759. The first-order valence-electron chi connectivity index (χ1n) is 12.5. The van der Waals surface area contributed by atoms with Crippen LogP contribution in [-0.4, -0.2) is 53.6 Å².